The average molecular weight is 340 g/mol. The maximum absolute atomic E-state index is 11.7. The normalized spacial score (nSPS) is 10.3. The Morgan fingerprint density at radius 2 is 1.33 bits per heavy atom. The van der Waals surface area contributed by atoms with Crippen LogP contribution in [0.4, 0.5) is 0 Å². The van der Waals surface area contributed by atoms with Crippen LogP contribution >= 0.6 is 0 Å². The molecule has 0 bridgehead atoms. The lowest BCUT2D eigenvalue weighted by Crippen LogP contribution is -2.20. The molecule has 1 N–H and O–H groups in total. The van der Waals surface area contributed by atoms with E-state index in [1.54, 1.807) is 18.2 Å². The number of esters is 1. The number of rotatable bonds is 13. The Hall–Kier alpha value is -2.29. The molecule has 1 aromatic carbocycles. The third-order valence-corrected chi connectivity index (χ3v) is 2.65. The predicted octanol–water partition coefficient (Wildman–Crippen LogP) is 0.547. The van der Waals surface area contributed by atoms with Crippen molar-refractivity contribution < 1.29 is 38.4 Å². The molecule has 0 aromatic heterocycles. The van der Waals surface area contributed by atoms with E-state index in [1.165, 1.54) is 12.1 Å². The number of ketones is 1. The maximum Gasteiger partial charge on any atom is 0.379 e. The number of aliphatic carboxylic acids is 1. The third kappa shape index (κ3) is 8.99. The van der Waals surface area contributed by atoms with Gasteiger partial charge in [0, 0.05) is 5.56 Å². The molecule has 8 heteroatoms. The van der Waals surface area contributed by atoms with E-state index < -0.39 is 17.7 Å². The molecule has 0 spiro atoms. The Kier molecular flexibility index (Phi) is 10.0. The standard InChI is InChI=1S/C16H20O8/c17-14(18)12-23-9-8-21-6-7-22-10-11-24-16(20)15(19)13-4-2-1-3-5-13/h1-5H,6-12H2,(H,17,18). The number of hydrogen-bond donors (Lipinski definition) is 1. The van der Waals surface area contributed by atoms with Gasteiger partial charge in [-0.15, -0.1) is 0 Å². The first-order valence-electron chi connectivity index (χ1n) is 7.33. The predicted molar refractivity (Wildman–Crippen MR) is 81.8 cm³/mol. The summed E-state index contributed by atoms with van der Waals surface area (Å²) in [5.74, 6) is -2.64. The van der Waals surface area contributed by atoms with Crippen molar-refractivity contribution in [1.29, 1.82) is 0 Å². The van der Waals surface area contributed by atoms with Gasteiger partial charge < -0.3 is 24.1 Å². The first-order chi connectivity index (χ1) is 11.6. The van der Waals surface area contributed by atoms with Crippen LogP contribution in [0.1, 0.15) is 10.4 Å². The lowest BCUT2D eigenvalue weighted by atomic mass is 10.1. The molecular formula is C16H20O8. The van der Waals surface area contributed by atoms with Crippen molar-refractivity contribution in [3.05, 3.63) is 35.9 Å². The van der Waals surface area contributed by atoms with E-state index in [0.717, 1.165) is 0 Å². The molecule has 0 aliphatic rings. The number of carbonyl (C=O) groups is 3. The summed E-state index contributed by atoms with van der Waals surface area (Å²) in [5, 5.41) is 8.33. The number of benzene rings is 1. The molecular weight excluding hydrogens is 320 g/mol. The van der Waals surface area contributed by atoms with Crippen molar-refractivity contribution >= 4 is 17.7 Å². The van der Waals surface area contributed by atoms with Crippen LogP contribution < -0.4 is 0 Å². The zero-order valence-electron chi connectivity index (χ0n) is 13.1. The SMILES string of the molecule is O=C(O)COCCOCCOCCOC(=O)C(=O)c1ccccc1. The quantitative estimate of drug-likeness (QED) is 0.240. The Labute approximate surface area is 139 Å². The Balaban J connectivity index is 1.96. The van der Waals surface area contributed by atoms with Crippen LogP contribution in [0.15, 0.2) is 30.3 Å². The number of hydrogen-bond acceptors (Lipinski definition) is 7. The summed E-state index contributed by atoms with van der Waals surface area (Å²) in [7, 11) is 0. The second-order valence-electron chi connectivity index (χ2n) is 4.50. The van der Waals surface area contributed by atoms with Crippen molar-refractivity contribution in [1.82, 2.24) is 0 Å². The highest BCUT2D eigenvalue weighted by atomic mass is 16.6. The first-order valence-corrected chi connectivity index (χ1v) is 7.33. The number of carboxylic acids is 1. The summed E-state index contributed by atoms with van der Waals surface area (Å²) in [6.07, 6.45) is 0. The Morgan fingerprint density at radius 1 is 0.792 bits per heavy atom. The minimum atomic E-state index is -1.03. The highest BCUT2D eigenvalue weighted by molar-refractivity contribution is 6.40. The van der Waals surface area contributed by atoms with Crippen LogP contribution in [0, 0.1) is 0 Å². The summed E-state index contributed by atoms with van der Waals surface area (Å²) >= 11 is 0. The van der Waals surface area contributed by atoms with Crippen LogP contribution in [0.2, 0.25) is 0 Å². The maximum atomic E-state index is 11.7. The Morgan fingerprint density at radius 3 is 1.92 bits per heavy atom. The van der Waals surface area contributed by atoms with Gasteiger partial charge in [0.15, 0.2) is 0 Å². The lowest BCUT2D eigenvalue weighted by Gasteiger charge is -2.07. The van der Waals surface area contributed by atoms with Gasteiger partial charge in [0.25, 0.3) is 5.78 Å². The molecule has 0 unspecified atom stereocenters. The largest absolute Gasteiger partial charge is 0.480 e. The van der Waals surface area contributed by atoms with Crippen LogP contribution in [0.3, 0.4) is 0 Å². The molecule has 0 amide bonds. The molecule has 0 atom stereocenters. The van der Waals surface area contributed by atoms with Gasteiger partial charge in [0.1, 0.15) is 13.2 Å². The topological polar surface area (TPSA) is 108 Å². The van der Waals surface area contributed by atoms with E-state index in [0.29, 0.717) is 6.61 Å². The Bertz CT molecular complexity index is 514. The molecule has 0 saturated heterocycles. The van der Waals surface area contributed by atoms with Gasteiger partial charge in [-0.3, -0.25) is 4.79 Å². The molecule has 24 heavy (non-hydrogen) atoms. The van der Waals surface area contributed by atoms with E-state index in [-0.39, 0.29) is 45.2 Å². The van der Waals surface area contributed by atoms with Crippen molar-refractivity contribution in [2.45, 2.75) is 0 Å². The third-order valence-electron chi connectivity index (χ3n) is 2.65. The van der Waals surface area contributed by atoms with E-state index in [2.05, 4.69) is 0 Å². The molecule has 0 aliphatic carbocycles. The van der Waals surface area contributed by atoms with Gasteiger partial charge in [0.05, 0.1) is 33.0 Å². The molecule has 0 heterocycles. The highest BCUT2D eigenvalue weighted by Crippen LogP contribution is 2.01. The van der Waals surface area contributed by atoms with Crippen molar-refractivity contribution in [2.75, 3.05) is 46.2 Å². The van der Waals surface area contributed by atoms with Crippen LogP contribution in [0.5, 0.6) is 0 Å². The zero-order valence-corrected chi connectivity index (χ0v) is 13.1. The molecule has 0 radical (unpaired) electrons. The van der Waals surface area contributed by atoms with Crippen LogP contribution in [0.25, 0.3) is 0 Å². The van der Waals surface area contributed by atoms with Gasteiger partial charge in [-0.2, -0.15) is 0 Å². The average Bonchev–Trinajstić information content (AvgIpc) is 2.59. The molecule has 0 aliphatic heterocycles. The summed E-state index contributed by atoms with van der Waals surface area (Å²) in [5.41, 5.74) is 0.280. The summed E-state index contributed by atoms with van der Waals surface area (Å²) < 4.78 is 19.9. The molecule has 1 aromatic rings. The summed E-state index contributed by atoms with van der Waals surface area (Å²) in [4.78, 5) is 33.4. The zero-order chi connectivity index (χ0) is 17.6. The van der Waals surface area contributed by atoms with Gasteiger partial charge in [-0.05, 0) is 0 Å². The van der Waals surface area contributed by atoms with Crippen LogP contribution in [-0.4, -0.2) is 69.1 Å². The van der Waals surface area contributed by atoms with Gasteiger partial charge >= 0.3 is 11.9 Å². The van der Waals surface area contributed by atoms with E-state index in [1.807, 2.05) is 0 Å². The minimum absolute atomic E-state index is 0.0286. The van der Waals surface area contributed by atoms with E-state index in [4.69, 9.17) is 24.1 Å². The van der Waals surface area contributed by atoms with Crippen molar-refractivity contribution in [2.24, 2.45) is 0 Å². The fourth-order valence-electron chi connectivity index (χ4n) is 1.57. The second-order valence-corrected chi connectivity index (χ2v) is 4.50. The number of carbonyl (C=O) groups excluding carboxylic acids is 2. The summed E-state index contributed by atoms with van der Waals surface area (Å²) in [6, 6.07) is 8.15. The lowest BCUT2D eigenvalue weighted by molar-refractivity contribution is -0.142. The molecule has 8 nitrogen and oxygen atoms in total. The van der Waals surface area contributed by atoms with Gasteiger partial charge in [0.2, 0.25) is 0 Å². The molecule has 0 saturated carbocycles. The monoisotopic (exact) mass is 340 g/mol. The smallest absolute Gasteiger partial charge is 0.379 e. The van der Waals surface area contributed by atoms with E-state index >= 15 is 0 Å². The van der Waals surface area contributed by atoms with Crippen molar-refractivity contribution in [3.63, 3.8) is 0 Å². The number of Topliss-reactive ketones (excluding diaryl/α,β-unsaturated/α-hetero) is 1. The van der Waals surface area contributed by atoms with E-state index in [9.17, 15) is 14.4 Å². The second kappa shape index (κ2) is 12.2. The van der Waals surface area contributed by atoms with Crippen LogP contribution in [-0.2, 0) is 28.5 Å². The number of ether oxygens (including phenoxy) is 4. The first kappa shape index (κ1) is 19.8. The highest BCUT2D eigenvalue weighted by Gasteiger charge is 2.16. The molecule has 1 rings (SSSR count). The molecule has 0 fully saturated rings. The number of carboxylic acid groups (broad SMARTS) is 1. The van der Waals surface area contributed by atoms with Crippen molar-refractivity contribution in [3.8, 4) is 0 Å². The minimum Gasteiger partial charge on any atom is -0.480 e. The van der Waals surface area contributed by atoms with Gasteiger partial charge in [-0.25, -0.2) is 9.59 Å². The van der Waals surface area contributed by atoms with Gasteiger partial charge in [-0.1, -0.05) is 30.3 Å². The molecule has 132 valence electrons. The summed E-state index contributed by atoms with van der Waals surface area (Å²) in [6.45, 7) is 0.790. The fourth-order valence-corrected chi connectivity index (χ4v) is 1.57. The fraction of sp³-hybridized carbons (Fsp3) is 0.438.